The van der Waals surface area contributed by atoms with Crippen LogP contribution in [0.25, 0.3) is 11.5 Å². The molecule has 2 aromatic carbocycles. The average Bonchev–Trinajstić information content (AvgIpc) is 3.03. The Balaban J connectivity index is 1.72. The van der Waals surface area contributed by atoms with Gasteiger partial charge < -0.3 is 13.9 Å². The monoisotopic (exact) mass is 300 g/mol. The fourth-order valence-corrected chi connectivity index (χ4v) is 1.92. The van der Waals surface area contributed by atoms with Crippen LogP contribution in [0, 0.1) is 5.82 Å². The van der Waals surface area contributed by atoms with Gasteiger partial charge in [-0.3, -0.25) is 0 Å². The molecule has 0 N–H and O–H groups in total. The van der Waals surface area contributed by atoms with Crippen molar-refractivity contribution < 1.29 is 18.3 Å². The Bertz CT molecular complexity index is 756. The molecule has 0 spiro atoms. The predicted molar refractivity (Wildman–Crippen MR) is 77.0 cm³/mol. The minimum atomic E-state index is -0.316. The number of hydrogen-bond acceptors (Lipinski definition) is 5. The number of rotatable bonds is 5. The van der Waals surface area contributed by atoms with Crippen LogP contribution in [0.2, 0.25) is 0 Å². The Morgan fingerprint density at radius 1 is 1.05 bits per heavy atom. The van der Waals surface area contributed by atoms with Crippen molar-refractivity contribution in [3.63, 3.8) is 0 Å². The third-order valence-electron chi connectivity index (χ3n) is 2.98. The zero-order chi connectivity index (χ0) is 15.4. The molecule has 0 aliphatic heterocycles. The summed E-state index contributed by atoms with van der Waals surface area (Å²) in [5, 5.41) is 7.91. The van der Waals surface area contributed by atoms with E-state index < -0.39 is 0 Å². The van der Waals surface area contributed by atoms with Crippen molar-refractivity contribution in [1.82, 2.24) is 10.2 Å². The van der Waals surface area contributed by atoms with Crippen LogP contribution in [0.5, 0.6) is 11.5 Å². The first kappa shape index (κ1) is 14.1. The van der Waals surface area contributed by atoms with E-state index in [0.717, 1.165) is 0 Å². The van der Waals surface area contributed by atoms with Crippen molar-refractivity contribution in [3.05, 3.63) is 60.2 Å². The first-order chi connectivity index (χ1) is 10.8. The SMILES string of the molecule is COc1ccccc1-c1nnc(COc2ccc(F)cc2)o1. The summed E-state index contributed by atoms with van der Waals surface area (Å²) in [5.41, 5.74) is 0.713. The van der Waals surface area contributed by atoms with Gasteiger partial charge in [0.25, 0.3) is 11.8 Å². The molecule has 0 aliphatic rings. The van der Waals surface area contributed by atoms with E-state index in [-0.39, 0.29) is 12.4 Å². The van der Waals surface area contributed by atoms with Gasteiger partial charge >= 0.3 is 0 Å². The lowest BCUT2D eigenvalue weighted by atomic mass is 10.2. The summed E-state index contributed by atoms with van der Waals surface area (Å²) in [7, 11) is 1.58. The summed E-state index contributed by atoms with van der Waals surface area (Å²) in [6.07, 6.45) is 0. The van der Waals surface area contributed by atoms with E-state index in [1.807, 2.05) is 24.3 Å². The van der Waals surface area contributed by atoms with Crippen molar-refractivity contribution in [1.29, 1.82) is 0 Å². The van der Waals surface area contributed by atoms with Crippen molar-refractivity contribution in [2.75, 3.05) is 7.11 Å². The third kappa shape index (κ3) is 3.06. The minimum absolute atomic E-state index is 0.105. The molecule has 0 atom stereocenters. The molecule has 0 saturated heterocycles. The molecule has 3 aromatic rings. The van der Waals surface area contributed by atoms with Crippen LogP contribution in [-0.2, 0) is 6.61 Å². The molecule has 112 valence electrons. The molecule has 6 heteroatoms. The quantitative estimate of drug-likeness (QED) is 0.722. The lowest BCUT2D eigenvalue weighted by Gasteiger charge is -2.04. The van der Waals surface area contributed by atoms with Crippen molar-refractivity contribution in [2.45, 2.75) is 6.61 Å². The van der Waals surface area contributed by atoms with Gasteiger partial charge in [0.1, 0.15) is 17.3 Å². The second-order valence-electron chi connectivity index (χ2n) is 4.44. The second-order valence-corrected chi connectivity index (χ2v) is 4.44. The second kappa shape index (κ2) is 6.26. The minimum Gasteiger partial charge on any atom is -0.496 e. The summed E-state index contributed by atoms with van der Waals surface area (Å²) in [6, 6.07) is 13.1. The van der Waals surface area contributed by atoms with Gasteiger partial charge in [-0.25, -0.2) is 4.39 Å². The zero-order valence-corrected chi connectivity index (χ0v) is 11.8. The van der Waals surface area contributed by atoms with E-state index in [1.165, 1.54) is 24.3 Å². The van der Waals surface area contributed by atoms with Crippen molar-refractivity contribution in [2.24, 2.45) is 0 Å². The van der Waals surface area contributed by atoms with Crippen LogP contribution in [0.15, 0.2) is 52.9 Å². The number of aromatic nitrogens is 2. The first-order valence-electron chi connectivity index (χ1n) is 6.60. The number of benzene rings is 2. The van der Waals surface area contributed by atoms with Crippen LogP contribution >= 0.6 is 0 Å². The lowest BCUT2D eigenvalue weighted by Crippen LogP contribution is -1.95. The van der Waals surface area contributed by atoms with Gasteiger partial charge in [-0.2, -0.15) is 0 Å². The summed E-state index contributed by atoms with van der Waals surface area (Å²) in [4.78, 5) is 0. The Hall–Kier alpha value is -2.89. The first-order valence-corrected chi connectivity index (χ1v) is 6.60. The van der Waals surface area contributed by atoms with Gasteiger partial charge in [0.15, 0.2) is 6.61 Å². The fourth-order valence-electron chi connectivity index (χ4n) is 1.92. The molecule has 1 aromatic heterocycles. The molecule has 0 fully saturated rings. The van der Waals surface area contributed by atoms with E-state index in [0.29, 0.717) is 28.8 Å². The maximum Gasteiger partial charge on any atom is 0.254 e. The van der Waals surface area contributed by atoms with Gasteiger partial charge in [0, 0.05) is 0 Å². The van der Waals surface area contributed by atoms with Crippen molar-refractivity contribution in [3.8, 4) is 23.0 Å². The standard InChI is InChI=1S/C16H13FN2O3/c1-20-14-5-3-2-4-13(14)16-19-18-15(22-16)10-21-12-8-6-11(17)7-9-12/h2-9H,10H2,1H3. The molecular weight excluding hydrogens is 287 g/mol. The largest absolute Gasteiger partial charge is 0.496 e. The summed E-state index contributed by atoms with van der Waals surface area (Å²) >= 11 is 0. The van der Waals surface area contributed by atoms with Gasteiger partial charge in [-0.05, 0) is 36.4 Å². The zero-order valence-electron chi connectivity index (χ0n) is 11.8. The number of methoxy groups -OCH3 is 1. The average molecular weight is 300 g/mol. The lowest BCUT2D eigenvalue weighted by molar-refractivity contribution is 0.264. The third-order valence-corrected chi connectivity index (χ3v) is 2.98. The van der Waals surface area contributed by atoms with Crippen molar-refractivity contribution >= 4 is 0 Å². The van der Waals surface area contributed by atoms with E-state index in [9.17, 15) is 4.39 Å². The molecule has 0 amide bonds. The van der Waals surface area contributed by atoms with Gasteiger partial charge in [-0.1, -0.05) is 12.1 Å². The normalized spacial score (nSPS) is 10.5. The van der Waals surface area contributed by atoms with Gasteiger partial charge in [0.05, 0.1) is 12.7 Å². The number of hydrogen-bond donors (Lipinski definition) is 0. The molecule has 3 rings (SSSR count). The highest BCUT2D eigenvalue weighted by Crippen LogP contribution is 2.28. The predicted octanol–water partition coefficient (Wildman–Crippen LogP) is 3.46. The molecule has 0 unspecified atom stereocenters. The summed E-state index contributed by atoms with van der Waals surface area (Å²) in [5.74, 6) is 1.54. The molecular formula is C16H13FN2O3. The highest BCUT2D eigenvalue weighted by atomic mass is 19.1. The van der Waals surface area contributed by atoms with Crippen LogP contribution in [0.1, 0.15) is 5.89 Å². The Morgan fingerprint density at radius 2 is 1.82 bits per heavy atom. The molecule has 1 heterocycles. The molecule has 0 aliphatic carbocycles. The van der Waals surface area contributed by atoms with Crippen LogP contribution in [0.4, 0.5) is 4.39 Å². The number of halogens is 1. The van der Waals surface area contributed by atoms with Gasteiger partial charge in [0.2, 0.25) is 0 Å². The summed E-state index contributed by atoms with van der Waals surface area (Å²) < 4.78 is 29.1. The Labute approximate surface area is 126 Å². The molecule has 0 saturated carbocycles. The topological polar surface area (TPSA) is 57.4 Å². The molecule has 22 heavy (non-hydrogen) atoms. The molecule has 5 nitrogen and oxygen atoms in total. The van der Waals surface area contributed by atoms with Crippen LogP contribution < -0.4 is 9.47 Å². The van der Waals surface area contributed by atoms with E-state index >= 15 is 0 Å². The number of para-hydroxylation sites is 1. The van der Waals surface area contributed by atoms with Crippen LogP contribution in [-0.4, -0.2) is 17.3 Å². The number of nitrogens with zero attached hydrogens (tertiary/aromatic N) is 2. The number of ether oxygens (including phenoxy) is 2. The highest BCUT2D eigenvalue weighted by Gasteiger charge is 2.13. The van der Waals surface area contributed by atoms with E-state index in [1.54, 1.807) is 7.11 Å². The van der Waals surface area contributed by atoms with Gasteiger partial charge in [-0.15, -0.1) is 10.2 Å². The fraction of sp³-hybridized carbons (Fsp3) is 0.125. The summed E-state index contributed by atoms with van der Waals surface area (Å²) in [6.45, 7) is 0.105. The maximum absolute atomic E-state index is 12.8. The smallest absolute Gasteiger partial charge is 0.254 e. The van der Waals surface area contributed by atoms with E-state index in [4.69, 9.17) is 13.9 Å². The molecule has 0 bridgehead atoms. The van der Waals surface area contributed by atoms with Crippen LogP contribution in [0.3, 0.4) is 0 Å². The highest BCUT2D eigenvalue weighted by molar-refractivity contribution is 5.62. The Morgan fingerprint density at radius 3 is 2.59 bits per heavy atom. The maximum atomic E-state index is 12.8. The van der Waals surface area contributed by atoms with E-state index in [2.05, 4.69) is 10.2 Å². The molecule has 0 radical (unpaired) electrons. The Kier molecular flexibility index (Phi) is 4.00.